The number of rotatable bonds is 6. The average Bonchev–Trinajstić information content (AvgIpc) is 3.23. The Bertz CT molecular complexity index is 1280. The maximum Gasteiger partial charge on any atom is 0.329 e. The molecule has 0 radical (unpaired) electrons. The highest BCUT2D eigenvalue weighted by Gasteiger charge is 2.32. The van der Waals surface area contributed by atoms with E-state index in [1.165, 1.54) is 6.07 Å². The van der Waals surface area contributed by atoms with Crippen LogP contribution in [0.5, 0.6) is 0 Å². The molecule has 0 saturated carbocycles. The highest BCUT2D eigenvalue weighted by Crippen LogP contribution is 2.28. The standard InChI is InChI=1S/C25H25N3O4S/c1-18-9-5-8-14-23(18)33(31,32)27-25(30)26-21(17-19-10-3-2-4-11-19)24(29)28-16-15-20-12-6-7-13-22(20)28/h2-14,21H,15-17H2,1H3,(H2,26,27,30). The lowest BCUT2D eigenvalue weighted by atomic mass is 10.0. The van der Waals surface area contributed by atoms with Crippen LogP contribution in [0.25, 0.3) is 0 Å². The molecule has 1 atom stereocenters. The van der Waals surface area contributed by atoms with Gasteiger partial charge in [0.15, 0.2) is 0 Å². The van der Waals surface area contributed by atoms with E-state index in [0.29, 0.717) is 12.1 Å². The highest BCUT2D eigenvalue weighted by molar-refractivity contribution is 7.90. The molecule has 0 aromatic heterocycles. The average molecular weight is 464 g/mol. The van der Waals surface area contributed by atoms with E-state index in [1.54, 1.807) is 30.0 Å². The van der Waals surface area contributed by atoms with Gasteiger partial charge < -0.3 is 10.2 Å². The van der Waals surface area contributed by atoms with E-state index in [1.807, 2.05) is 59.3 Å². The van der Waals surface area contributed by atoms with Gasteiger partial charge in [0.25, 0.3) is 10.0 Å². The smallest absolute Gasteiger partial charge is 0.325 e. The van der Waals surface area contributed by atoms with Crippen LogP contribution >= 0.6 is 0 Å². The first kappa shape index (κ1) is 22.5. The summed E-state index contributed by atoms with van der Waals surface area (Å²) in [5, 5.41) is 2.60. The van der Waals surface area contributed by atoms with Crippen LogP contribution in [-0.2, 0) is 27.7 Å². The number of benzene rings is 3. The number of nitrogens with one attached hydrogen (secondary N) is 2. The molecule has 33 heavy (non-hydrogen) atoms. The Balaban J connectivity index is 1.56. The quantitative estimate of drug-likeness (QED) is 0.587. The molecule has 170 valence electrons. The fraction of sp³-hybridized carbons (Fsp3) is 0.200. The van der Waals surface area contributed by atoms with Gasteiger partial charge in [0.1, 0.15) is 6.04 Å². The molecule has 0 saturated heterocycles. The first-order valence-electron chi connectivity index (χ1n) is 10.7. The Kier molecular flexibility index (Phi) is 6.46. The summed E-state index contributed by atoms with van der Waals surface area (Å²) >= 11 is 0. The van der Waals surface area contributed by atoms with Gasteiger partial charge in [-0.05, 0) is 42.2 Å². The van der Waals surface area contributed by atoms with Crippen molar-refractivity contribution in [3.63, 3.8) is 0 Å². The van der Waals surface area contributed by atoms with Crippen molar-refractivity contribution >= 4 is 27.6 Å². The van der Waals surface area contributed by atoms with Gasteiger partial charge in [-0.15, -0.1) is 0 Å². The molecule has 3 aromatic rings. The van der Waals surface area contributed by atoms with E-state index >= 15 is 0 Å². The third kappa shape index (κ3) is 5.06. The summed E-state index contributed by atoms with van der Waals surface area (Å²) in [5.41, 5.74) is 3.25. The summed E-state index contributed by atoms with van der Waals surface area (Å²) in [7, 11) is -4.09. The van der Waals surface area contributed by atoms with E-state index in [2.05, 4.69) is 5.32 Å². The summed E-state index contributed by atoms with van der Waals surface area (Å²) in [6.07, 6.45) is 0.962. The summed E-state index contributed by atoms with van der Waals surface area (Å²) in [5.74, 6) is -0.285. The molecule has 1 heterocycles. The topological polar surface area (TPSA) is 95.6 Å². The third-order valence-electron chi connectivity index (χ3n) is 5.65. The van der Waals surface area contributed by atoms with Gasteiger partial charge in [-0.3, -0.25) is 4.79 Å². The van der Waals surface area contributed by atoms with Gasteiger partial charge >= 0.3 is 6.03 Å². The molecule has 0 spiro atoms. The van der Waals surface area contributed by atoms with Gasteiger partial charge in [0.05, 0.1) is 4.90 Å². The molecule has 8 heteroatoms. The van der Waals surface area contributed by atoms with Crippen molar-refractivity contribution in [1.82, 2.24) is 10.0 Å². The van der Waals surface area contributed by atoms with Crippen LogP contribution in [0, 0.1) is 6.92 Å². The van der Waals surface area contributed by atoms with Crippen molar-refractivity contribution in [2.45, 2.75) is 30.7 Å². The number of carbonyl (C=O) groups excluding carboxylic acids is 2. The number of carbonyl (C=O) groups is 2. The Morgan fingerprint density at radius 3 is 2.36 bits per heavy atom. The lowest BCUT2D eigenvalue weighted by Gasteiger charge is -2.25. The number of hydrogen-bond donors (Lipinski definition) is 2. The monoisotopic (exact) mass is 463 g/mol. The molecule has 0 fully saturated rings. The van der Waals surface area contributed by atoms with Crippen molar-refractivity contribution in [1.29, 1.82) is 0 Å². The Morgan fingerprint density at radius 1 is 0.939 bits per heavy atom. The van der Waals surface area contributed by atoms with Crippen molar-refractivity contribution in [2.24, 2.45) is 0 Å². The maximum atomic E-state index is 13.5. The molecule has 2 N–H and O–H groups in total. The van der Waals surface area contributed by atoms with Crippen LogP contribution in [-0.4, -0.2) is 32.9 Å². The van der Waals surface area contributed by atoms with Gasteiger partial charge in [-0.1, -0.05) is 66.7 Å². The van der Waals surface area contributed by atoms with E-state index in [9.17, 15) is 18.0 Å². The van der Waals surface area contributed by atoms with Crippen LogP contribution < -0.4 is 14.9 Å². The summed E-state index contributed by atoms with van der Waals surface area (Å²) in [6.45, 7) is 2.16. The fourth-order valence-electron chi connectivity index (χ4n) is 4.03. The third-order valence-corrected chi connectivity index (χ3v) is 7.14. The largest absolute Gasteiger partial charge is 0.329 e. The lowest BCUT2D eigenvalue weighted by molar-refractivity contribution is -0.120. The van der Waals surface area contributed by atoms with Gasteiger partial charge in [-0.2, -0.15) is 0 Å². The van der Waals surface area contributed by atoms with E-state index in [4.69, 9.17) is 0 Å². The van der Waals surface area contributed by atoms with Gasteiger partial charge in [0, 0.05) is 18.7 Å². The van der Waals surface area contributed by atoms with Crippen LogP contribution in [0.15, 0.2) is 83.8 Å². The molecule has 1 unspecified atom stereocenters. The van der Waals surface area contributed by atoms with Crippen molar-refractivity contribution in [3.8, 4) is 0 Å². The van der Waals surface area contributed by atoms with Crippen LogP contribution in [0.3, 0.4) is 0 Å². The predicted octanol–water partition coefficient (Wildman–Crippen LogP) is 3.18. The zero-order valence-electron chi connectivity index (χ0n) is 18.2. The minimum Gasteiger partial charge on any atom is -0.325 e. The molecule has 0 aliphatic carbocycles. The van der Waals surface area contributed by atoms with Gasteiger partial charge in [-0.25, -0.2) is 17.9 Å². The second-order valence-electron chi connectivity index (χ2n) is 7.96. The number of fused-ring (bicyclic) bond motifs is 1. The Labute approximate surface area is 193 Å². The van der Waals surface area contributed by atoms with E-state index in [-0.39, 0.29) is 17.2 Å². The summed E-state index contributed by atoms with van der Waals surface area (Å²) < 4.78 is 27.5. The van der Waals surface area contributed by atoms with Crippen LogP contribution in [0.2, 0.25) is 0 Å². The fourth-order valence-corrected chi connectivity index (χ4v) is 5.19. The molecular weight excluding hydrogens is 438 g/mol. The minimum absolute atomic E-state index is 0.0135. The number of hydrogen-bond acceptors (Lipinski definition) is 4. The number of nitrogens with zero attached hydrogens (tertiary/aromatic N) is 1. The molecule has 0 bridgehead atoms. The molecule has 4 rings (SSSR count). The molecule has 3 amide bonds. The molecule has 1 aliphatic heterocycles. The number of urea groups is 1. The van der Waals surface area contributed by atoms with Crippen molar-refractivity contribution in [3.05, 3.63) is 95.6 Å². The predicted molar refractivity (Wildman–Crippen MR) is 126 cm³/mol. The summed E-state index contributed by atoms with van der Waals surface area (Å²) in [4.78, 5) is 27.9. The lowest BCUT2D eigenvalue weighted by Crippen LogP contribution is -2.53. The second-order valence-corrected chi connectivity index (χ2v) is 9.61. The maximum absolute atomic E-state index is 13.5. The number of para-hydroxylation sites is 1. The Morgan fingerprint density at radius 2 is 1.61 bits per heavy atom. The minimum atomic E-state index is -4.09. The van der Waals surface area contributed by atoms with Crippen molar-refractivity contribution < 1.29 is 18.0 Å². The zero-order chi connectivity index (χ0) is 23.4. The number of aryl methyl sites for hydroxylation is 1. The number of anilines is 1. The highest BCUT2D eigenvalue weighted by atomic mass is 32.2. The Hall–Kier alpha value is -3.65. The van der Waals surface area contributed by atoms with Gasteiger partial charge in [0.2, 0.25) is 5.91 Å². The van der Waals surface area contributed by atoms with Crippen LogP contribution in [0.1, 0.15) is 16.7 Å². The van der Waals surface area contributed by atoms with E-state index < -0.39 is 22.1 Å². The van der Waals surface area contributed by atoms with Crippen molar-refractivity contribution in [2.75, 3.05) is 11.4 Å². The second kappa shape index (κ2) is 9.46. The SMILES string of the molecule is Cc1ccccc1S(=O)(=O)NC(=O)NC(Cc1ccccc1)C(=O)N1CCc2ccccc21. The zero-order valence-corrected chi connectivity index (χ0v) is 19.0. The molecule has 3 aromatic carbocycles. The number of amides is 3. The first-order valence-corrected chi connectivity index (χ1v) is 12.2. The first-order chi connectivity index (χ1) is 15.8. The van der Waals surface area contributed by atoms with Crippen LogP contribution in [0.4, 0.5) is 10.5 Å². The number of sulfonamides is 1. The molecule has 7 nitrogen and oxygen atoms in total. The van der Waals surface area contributed by atoms with E-state index in [0.717, 1.165) is 23.2 Å². The normalized spacial score (nSPS) is 13.8. The molecule has 1 aliphatic rings. The molecular formula is C25H25N3O4S. The summed E-state index contributed by atoms with van der Waals surface area (Å²) in [6, 6.07) is 21.4.